The molecule has 0 aliphatic heterocycles. The summed E-state index contributed by atoms with van der Waals surface area (Å²) in [6.07, 6.45) is 3.85. The van der Waals surface area contributed by atoms with Crippen LogP contribution in [0.2, 0.25) is 0 Å². The molecule has 2 nitrogen and oxygen atoms in total. The third-order valence-corrected chi connectivity index (χ3v) is 26.5. The molecule has 1 amide bonds. The van der Waals surface area contributed by atoms with Gasteiger partial charge in [-0.05, 0) is 0 Å². The van der Waals surface area contributed by atoms with Gasteiger partial charge in [0.25, 0.3) is 0 Å². The number of carbonyl (C=O) groups is 1. The summed E-state index contributed by atoms with van der Waals surface area (Å²) in [5.41, 5.74) is 5.53. The van der Waals surface area contributed by atoms with E-state index in [1.54, 1.807) is 0 Å². The molecule has 0 bridgehead atoms. The van der Waals surface area contributed by atoms with Crippen molar-refractivity contribution in [2.24, 2.45) is 0 Å². The van der Waals surface area contributed by atoms with Crippen molar-refractivity contribution < 1.29 is 50.8 Å². The summed E-state index contributed by atoms with van der Waals surface area (Å²) >= 11 is -2.70. The number of rotatable bonds is 9. The van der Waals surface area contributed by atoms with Crippen LogP contribution in [0.3, 0.4) is 0 Å². The zero-order valence-corrected chi connectivity index (χ0v) is 26.2. The first-order valence-electron chi connectivity index (χ1n) is 12.7. The molecule has 0 atom stereocenters. The SMILES string of the molecule is CCCCCC(=O)[NH][Zr+2]([CH]1c2ccccc2-c2ccccc21)[SiH](c1ccccc1)c1ccccc1.[Cl-].[Cl-]. The molecule has 1 N–H and O–H groups in total. The van der Waals surface area contributed by atoms with E-state index in [2.05, 4.69) is 119 Å². The van der Waals surface area contributed by atoms with Crippen LogP contribution < -0.4 is 38.4 Å². The molecular weight excluding hydrogens is 593 g/mol. The van der Waals surface area contributed by atoms with E-state index in [1.165, 1.54) is 32.6 Å². The average molecular weight is 625 g/mol. The first-order valence-corrected chi connectivity index (χ1v) is 21.4. The van der Waals surface area contributed by atoms with Gasteiger partial charge < -0.3 is 24.8 Å². The number of amides is 1. The molecule has 189 valence electrons. The van der Waals surface area contributed by atoms with Crippen LogP contribution in [0.15, 0.2) is 109 Å². The number of hydrogen-bond acceptors (Lipinski definition) is 1. The summed E-state index contributed by atoms with van der Waals surface area (Å²) in [7, 11) is 0. The fourth-order valence-electron chi connectivity index (χ4n) is 5.40. The minimum Gasteiger partial charge on any atom is -1.00 e. The van der Waals surface area contributed by atoms with Crippen molar-refractivity contribution in [3.8, 4) is 11.1 Å². The van der Waals surface area contributed by atoms with Crippen LogP contribution in [0.5, 0.6) is 0 Å². The number of fused-ring (bicyclic) bond motifs is 3. The zero-order chi connectivity index (χ0) is 24.0. The van der Waals surface area contributed by atoms with E-state index >= 15 is 0 Å². The molecule has 4 aromatic rings. The minimum absolute atomic E-state index is 0. The van der Waals surface area contributed by atoms with E-state index < -0.39 is 27.1 Å². The van der Waals surface area contributed by atoms with Gasteiger partial charge in [0.2, 0.25) is 0 Å². The van der Waals surface area contributed by atoms with E-state index in [4.69, 9.17) is 0 Å². The van der Waals surface area contributed by atoms with Crippen LogP contribution >= 0.6 is 0 Å². The molecule has 0 radical (unpaired) electrons. The second-order valence-corrected chi connectivity index (χ2v) is 23.7. The normalized spacial score (nSPS) is 11.6. The van der Waals surface area contributed by atoms with Crippen molar-refractivity contribution in [1.29, 1.82) is 0 Å². The van der Waals surface area contributed by atoms with Crippen LogP contribution in [-0.4, -0.2) is 11.8 Å². The van der Waals surface area contributed by atoms with Crippen LogP contribution in [0.4, 0.5) is 0 Å². The molecule has 4 aromatic carbocycles. The van der Waals surface area contributed by atoms with Crippen molar-refractivity contribution in [2.45, 2.75) is 36.2 Å². The topological polar surface area (TPSA) is 29.1 Å². The number of carbonyl (C=O) groups excluding carboxylic acids is 1. The first-order chi connectivity index (χ1) is 17.3. The van der Waals surface area contributed by atoms with E-state index in [0.717, 1.165) is 19.3 Å². The quantitative estimate of drug-likeness (QED) is 0.198. The Morgan fingerprint density at radius 2 is 1.16 bits per heavy atom. The maximum Gasteiger partial charge on any atom is -1.00 e. The van der Waals surface area contributed by atoms with E-state index in [0.29, 0.717) is 10.0 Å². The fourth-order valence-corrected chi connectivity index (χ4v) is 27.3. The Balaban J connectivity index is 0.00000190. The average Bonchev–Trinajstić information content (AvgIpc) is 3.24. The van der Waals surface area contributed by atoms with E-state index in [-0.39, 0.29) is 30.7 Å². The Labute approximate surface area is 242 Å². The largest absolute Gasteiger partial charge is 1.00 e. The van der Waals surface area contributed by atoms with Crippen LogP contribution in [0.25, 0.3) is 11.1 Å². The minimum atomic E-state index is -2.70. The van der Waals surface area contributed by atoms with Crippen molar-refractivity contribution in [1.82, 2.24) is 3.26 Å². The first kappa shape index (κ1) is 29.6. The molecule has 0 fully saturated rings. The molecule has 0 saturated heterocycles. The summed E-state index contributed by atoms with van der Waals surface area (Å²) in [5.74, 6) is -1.41. The van der Waals surface area contributed by atoms with Gasteiger partial charge in [-0.3, -0.25) is 0 Å². The van der Waals surface area contributed by atoms with Crippen LogP contribution in [-0.2, 0) is 26.0 Å². The molecule has 0 unspecified atom stereocenters. The Bertz CT molecular complexity index is 1200. The molecule has 0 saturated carbocycles. The predicted molar refractivity (Wildman–Crippen MR) is 145 cm³/mol. The molecule has 0 heterocycles. The second kappa shape index (κ2) is 14.3. The molecular formula is C31H32Cl2NOSiZr. The predicted octanol–water partition coefficient (Wildman–Crippen LogP) is -0.468. The van der Waals surface area contributed by atoms with Crippen molar-refractivity contribution in [3.05, 3.63) is 120 Å². The van der Waals surface area contributed by atoms with E-state index in [9.17, 15) is 4.79 Å². The van der Waals surface area contributed by atoms with Gasteiger partial charge in [-0.2, -0.15) is 0 Å². The van der Waals surface area contributed by atoms with Gasteiger partial charge in [0, 0.05) is 0 Å². The summed E-state index contributed by atoms with van der Waals surface area (Å²) in [6.45, 7) is 2.19. The molecule has 1 aliphatic carbocycles. The van der Waals surface area contributed by atoms with Gasteiger partial charge in [0.15, 0.2) is 0 Å². The summed E-state index contributed by atoms with van der Waals surface area (Å²) in [5, 5.41) is 2.90. The van der Waals surface area contributed by atoms with E-state index in [1.807, 2.05) is 0 Å². The van der Waals surface area contributed by atoms with Crippen LogP contribution in [0, 0.1) is 0 Å². The fraction of sp³-hybridized carbons (Fsp3) is 0.194. The third kappa shape index (κ3) is 6.55. The van der Waals surface area contributed by atoms with Gasteiger partial charge >= 0.3 is 219 Å². The van der Waals surface area contributed by atoms with Gasteiger partial charge in [0.1, 0.15) is 0 Å². The van der Waals surface area contributed by atoms with Crippen molar-refractivity contribution in [3.63, 3.8) is 0 Å². The Morgan fingerprint density at radius 1 is 0.703 bits per heavy atom. The maximum atomic E-state index is 13.4. The third-order valence-electron chi connectivity index (χ3n) is 7.01. The molecule has 0 aromatic heterocycles. The summed E-state index contributed by atoms with van der Waals surface area (Å²) in [6, 6.07) is 39.9. The maximum absolute atomic E-state index is 13.4. The molecule has 0 spiro atoms. The number of nitrogens with one attached hydrogen (secondary N) is 1. The van der Waals surface area contributed by atoms with Crippen LogP contribution in [0.1, 0.15) is 47.4 Å². The zero-order valence-electron chi connectivity index (χ0n) is 21.0. The molecule has 1 aliphatic rings. The standard InChI is InChI=1S/C13H9.C12H11Si.C6H13NO.2ClH.Zr/c1-3-7-12-10(5-1)9-11-6-2-4-8-13(11)12;1-3-7-11(8-4-1)13-12-9-5-2-6-10-12;1-2-3-4-5-6(7)8;;;/h1-9H;1-10,13H;2-5H2,1H3,(H2,7,8);2*1H;/q;;;;;+3/p-3. The van der Waals surface area contributed by atoms with Gasteiger partial charge in [-0.1, -0.05) is 0 Å². The number of hydrogen-bond donors (Lipinski definition) is 1. The monoisotopic (exact) mass is 622 g/mol. The number of unbranched alkanes of at least 4 members (excludes halogenated alkanes) is 2. The van der Waals surface area contributed by atoms with Crippen molar-refractivity contribution in [2.75, 3.05) is 0 Å². The van der Waals surface area contributed by atoms with Gasteiger partial charge in [-0.25, -0.2) is 0 Å². The smallest absolute Gasteiger partial charge is 1.00 e. The van der Waals surface area contributed by atoms with Crippen molar-refractivity contribution >= 4 is 22.2 Å². The number of halogens is 2. The second-order valence-electron chi connectivity index (χ2n) is 9.32. The summed E-state index contributed by atoms with van der Waals surface area (Å²) in [4.78, 5) is 13.4. The molecule has 5 rings (SSSR count). The molecule has 37 heavy (non-hydrogen) atoms. The van der Waals surface area contributed by atoms with Gasteiger partial charge in [-0.15, -0.1) is 0 Å². The summed E-state index contributed by atoms with van der Waals surface area (Å²) < 4.78 is 4.15. The Morgan fingerprint density at radius 3 is 1.65 bits per heavy atom. The Hall–Kier alpha value is -1.97. The Kier molecular flexibility index (Phi) is 11.4. The molecule has 6 heteroatoms. The van der Waals surface area contributed by atoms with Gasteiger partial charge in [0.05, 0.1) is 0 Å². The number of benzene rings is 4.